The van der Waals surface area contributed by atoms with Crippen molar-refractivity contribution in [2.24, 2.45) is 11.3 Å². The molecule has 0 amide bonds. The van der Waals surface area contributed by atoms with Gasteiger partial charge in [0.15, 0.2) is 0 Å². The molecule has 0 spiro atoms. The zero-order chi connectivity index (χ0) is 14.4. The summed E-state index contributed by atoms with van der Waals surface area (Å²) in [7, 11) is 0. The second-order valence-electron chi connectivity index (χ2n) is 7.67. The van der Waals surface area contributed by atoms with Crippen LogP contribution in [-0.2, 0) is 10.2 Å². The lowest BCUT2D eigenvalue weighted by Crippen LogP contribution is -2.66. The van der Waals surface area contributed by atoms with Gasteiger partial charge in [0.2, 0.25) is 0 Å². The third-order valence-electron chi connectivity index (χ3n) is 5.42. The highest BCUT2D eigenvalue weighted by Crippen LogP contribution is 2.52. The van der Waals surface area contributed by atoms with Gasteiger partial charge >= 0.3 is 0 Å². The minimum atomic E-state index is 0.169. The van der Waals surface area contributed by atoms with Crippen LogP contribution in [0.3, 0.4) is 0 Å². The topological polar surface area (TPSA) is 21.3 Å². The molecular formula is C18H27NO. The molecule has 0 radical (unpaired) electrons. The molecule has 1 aromatic carbocycles. The first-order valence-corrected chi connectivity index (χ1v) is 7.83. The minimum Gasteiger partial charge on any atom is -0.377 e. The number of benzene rings is 1. The summed E-state index contributed by atoms with van der Waals surface area (Å²) in [6, 6.07) is 11.4. The molecule has 1 aliphatic heterocycles. The molecule has 0 aromatic heterocycles. The molecule has 3 atom stereocenters. The van der Waals surface area contributed by atoms with Crippen LogP contribution < -0.4 is 5.32 Å². The molecule has 2 heteroatoms. The summed E-state index contributed by atoms with van der Waals surface area (Å²) >= 11 is 0. The SMILES string of the molecule is CC(C)(CNC1C2CCOC2C1(C)C)c1ccccc1. The number of nitrogens with one attached hydrogen (secondary N) is 1. The van der Waals surface area contributed by atoms with Crippen molar-refractivity contribution in [2.45, 2.75) is 51.7 Å². The van der Waals surface area contributed by atoms with E-state index in [0.717, 1.165) is 19.1 Å². The van der Waals surface area contributed by atoms with Crippen LogP contribution in [0.15, 0.2) is 30.3 Å². The lowest BCUT2D eigenvalue weighted by atomic mass is 9.57. The first kappa shape index (κ1) is 14.1. The highest BCUT2D eigenvalue weighted by Gasteiger charge is 2.59. The van der Waals surface area contributed by atoms with Gasteiger partial charge in [0.25, 0.3) is 0 Å². The second-order valence-corrected chi connectivity index (χ2v) is 7.67. The average Bonchev–Trinajstić information content (AvgIpc) is 2.86. The van der Waals surface area contributed by atoms with Crippen molar-refractivity contribution in [3.8, 4) is 0 Å². The third kappa shape index (κ3) is 2.19. The normalized spacial score (nSPS) is 31.7. The summed E-state index contributed by atoms with van der Waals surface area (Å²) < 4.78 is 5.87. The Balaban J connectivity index is 1.65. The predicted molar refractivity (Wildman–Crippen MR) is 82.9 cm³/mol. The fourth-order valence-electron chi connectivity index (χ4n) is 4.10. The standard InChI is InChI=1S/C18H27NO/c1-17(2,13-8-6-5-7-9-13)12-19-15-14-10-11-20-16(14)18(15,3)4/h5-9,14-16,19H,10-12H2,1-4H3. The Morgan fingerprint density at radius 2 is 1.95 bits per heavy atom. The molecule has 1 N–H and O–H groups in total. The lowest BCUT2D eigenvalue weighted by molar-refractivity contribution is -0.113. The number of hydrogen-bond donors (Lipinski definition) is 1. The summed E-state index contributed by atoms with van der Waals surface area (Å²) in [5, 5.41) is 3.84. The summed E-state index contributed by atoms with van der Waals surface area (Å²) in [5.41, 5.74) is 1.85. The van der Waals surface area contributed by atoms with E-state index in [0.29, 0.717) is 12.1 Å². The van der Waals surface area contributed by atoms with Crippen LogP contribution in [0.4, 0.5) is 0 Å². The summed E-state index contributed by atoms with van der Waals surface area (Å²) in [4.78, 5) is 0. The van der Waals surface area contributed by atoms with Crippen LogP contribution in [0.2, 0.25) is 0 Å². The molecule has 2 fully saturated rings. The van der Waals surface area contributed by atoms with E-state index in [2.05, 4.69) is 63.3 Å². The maximum absolute atomic E-state index is 5.87. The quantitative estimate of drug-likeness (QED) is 0.908. The van der Waals surface area contributed by atoms with Crippen LogP contribution in [0.25, 0.3) is 0 Å². The van der Waals surface area contributed by atoms with Gasteiger partial charge in [-0.25, -0.2) is 0 Å². The monoisotopic (exact) mass is 273 g/mol. The van der Waals surface area contributed by atoms with E-state index in [1.54, 1.807) is 0 Å². The Morgan fingerprint density at radius 1 is 1.25 bits per heavy atom. The Kier molecular flexibility index (Phi) is 3.42. The zero-order valence-corrected chi connectivity index (χ0v) is 13.1. The van der Waals surface area contributed by atoms with E-state index < -0.39 is 0 Å². The van der Waals surface area contributed by atoms with Gasteiger partial charge in [-0.1, -0.05) is 58.0 Å². The summed E-state index contributed by atoms with van der Waals surface area (Å²) in [6.45, 7) is 11.3. The third-order valence-corrected chi connectivity index (χ3v) is 5.42. The molecule has 110 valence electrons. The van der Waals surface area contributed by atoms with Crippen molar-refractivity contribution in [3.63, 3.8) is 0 Å². The number of rotatable bonds is 4. The first-order chi connectivity index (χ1) is 9.43. The van der Waals surface area contributed by atoms with Gasteiger partial charge < -0.3 is 10.1 Å². The second kappa shape index (κ2) is 4.85. The fourth-order valence-corrected chi connectivity index (χ4v) is 4.10. The molecule has 1 aromatic rings. The van der Waals surface area contributed by atoms with Gasteiger partial charge in [-0.15, -0.1) is 0 Å². The van der Waals surface area contributed by atoms with Crippen molar-refractivity contribution >= 4 is 0 Å². The first-order valence-electron chi connectivity index (χ1n) is 7.83. The van der Waals surface area contributed by atoms with Gasteiger partial charge in [0, 0.05) is 35.9 Å². The number of hydrogen-bond acceptors (Lipinski definition) is 2. The van der Waals surface area contributed by atoms with Crippen LogP contribution in [-0.4, -0.2) is 25.3 Å². The molecule has 1 saturated heterocycles. The van der Waals surface area contributed by atoms with Crippen LogP contribution >= 0.6 is 0 Å². The maximum atomic E-state index is 5.87. The molecule has 3 rings (SSSR count). The molecule has 1 heterocycles. The molecule has 3 unspecified atom stereocenters. The summed E-state index contributed by atoms with van der Waals surface area (Å²) in [6.07, 6.45) is 1.69. The maximum Gasteiger partial charge on any atom is 0.0685 e. The fraction of sp³-hybridized carbons (Fsp3) is 0.667. The highest BCUT2D eigenvalue weighted by molar-refractivity contribution is 5.24. The van der Waals surface area contributed by atoms with Crippen LogP contribution in [0.1, 0.15) is 39.7 Å². The highest BCUT2D eigenvalue weighted by atomic mass is 16.5. The zero-order valence-electron chi connectivity index (χ0n) is 13.1. The van der Waals surface area contributed by atoms with Crippen molar-refractivity contribution in [3.05, 3.63) is 35.9 Å². The van der Waals surface area contributed by atoms with Crippen molar-refractivity contribution < 1.29 is 4.74 Å². The Hall–Kier alpha value is -0.860. The van der Waals surface area contributed by atoms with Gasteiger partial charge in [0.05, 0.1) is 6.10 Å². The average molecular weight is 273 g/mol. The smallest absolute Gasteiger partial charge is 0.0685 e. The van der Waals surface area contributed by atoms with E-state index >= 15 is 0 Å². The van der Waals surface area contributed by atoms with Gasteiger partial charge in [-0.2, -0.15) is 0 Å². The number of fused-ring (bicyclic) bond motifs is 1. The molecule has 20 heavy (non-hydrogen) atoms. The Bertz CT molecular complexity index is 466. The molecule has 2 nitrogen and oxygen atoms in total. The van der Waals surface area contributed by atoms with E-state index in [4.69, 9.17) is 4.74 Å². The van der Waals surface area contributed by atoms with E-state index in [-0.39, 0.29) is 10.8 Å². The molecule has 1 aliphatic carbocycles. The lowest BCUT2D eigenvalue weighted by Gasteiger charge is -2.55. The van der Waals surface area contributed by atoms with Crippen molar-refractivity contribution in [1.29, 1.82) is 0 Å². The van der Waals surface area contributed by atoms with E-state index in [1.807, 2.05) is 0 Å². The van der Waals surface area contributed by atoms with Crippen molar-refractivity contribution in [1.82, 2.24) is 5.32 Å². The molecule has 1 saturated carbocycles. The van der Waals surface area contributed by atoms with E-state index in [1.165, 1.54) is 12.0 Å². The van der Waals surface area contributed by atoms with Gasteiger partial charge in [-0.3, -0.25) is 0 Å². The molecular weight excluding hydrogens is 246 g/mol. The summed E-state index contributed by atoms with van der Waals surface area (Å²) in [5.74, 6) is 0.719. The van der Waals surface area contributed by atoms with Crippen LogP contribution in [0.5, 0.6) is 0 Å². The van der Waals surface area contributed by atoms with Crippen LogP contribution in [0, 0.1) is 11.3 Å². The predicted octanol–water partition coefficient (Wildman–Crippen LogP) is 3.37. The minimum absolute atomic E-state index is 0.169. The molecule has 0 bridgehead atoms. The van der Waals surface area contributed by atoms with E-state index in [9.17, 15) is 0 Å². The van der Waals surface area contributed by atoms with Gasteiger partial charge in [0.1, 0.15) is 0 Å². The number of ether oxygens (including phenoxy) is 1. The Labute approximate surface area is 122 Å². The van der Waals surface area contributed by atoms with Gasteiger partial charge in [-0.05, 0) is 12.0 Å². The largest absolute Gasteiger partial charge is 0.377 e. The molecule has 2 aliphatic rings. The Morgan fingerprint density at radius 3 is 2.65 bits per heavy atom. The van der Waals surface area contributed by atoms with Crippen molar-refractivity contribution in [2.75, 3.05) is 13.2 Å².